The van der Waals surface area contributed by atoms with E-state index in [2.05, 4.69) is 32.2 Å². The molecule has 32 heavy (non-hydrogen) atoms. The van der Waals surface area contributed by atoms with Gasteiger partial charge in [0, 0.05) is 36.4 Å². The maximum atomic E-state index is 12.6. The van der Waals surface area contributed by atoms with Gasteiger partial charge in [0.15, 0.2) is 11.6 Å². The molecule has 0 saturated heterocycles. The first-order chi connectivity index (χ1) is 15.6. The average molecular weight is 434 g/mol. The molecule has 2 atom stereocenters. The quantitative estimate of drug-likeness (QED) is 0.588. The number of nitrogens with one attached hydrogen (secondary N) is 1. The van der Waals surface area contributed by atoms with Crippen molar-refractivity contribution in [2.45, 2.75) is 45.6 Å². The Kier molecular flexibility index (Phi) is 6.89. The van der Waals surface area contributed by atoms with E-state index in [-0.39, 0.29) is 11.9 Å². The van der Waals surface area contributed by atoms with Crippen LogP contribution in [0.5, 0.6) is 17.4 Å². The van der Waals surface area contributed by atoms with Gasteiger partial charge in [0.05, 0.1) is 18.4 Å². The molecule has 1 fully saturated rings. The van der Waals surface area contributed by atoms with Crippen LogP contribution < -0.4 is 14.8 Å². The van der Waals surface area contributed by atoms with Gasteiger partial charge >= 0.3 is 0 Å². The summed E-state index contributed by atoms with van der Waals surface area (Å²) in [5.74, 6) is 2.21. The zero-order chi connectivity index (χ0) is 22.3. The fraction of sp³-hybridized carbons (Fsp3) is 0.375. The largest absolute Gasteiger partial charge is 0.488 e. The van der Waals surface area contributed by atoms with E-state index in [1.54, 1.807) is 49.2 Å². The molecule has 3 aromatic rings. The van der Waals surface area contributed by atoms with Crippen LogP contribution in [-0.4, -0.2) is 38.5 Å². The minimum atomic E-state index is -0.135. The molecule has 8 nitrogen and oxygen atoms in total. The Labute approximate surface area is 187 Å². The van der Waals surface area contributed by atoms with Crippen molar-refractivity contribution in [3.8, 4) is 28.8 Å². The highest BCUT2D eigenvalue weighted by molar-refractivity contribution is 5.93. The Bertz CT molecular complexity index is 1060. The SMILES string of the molecule is CCOc1cccnc1Oc1cncc(-c2ncc(C(=O)N[C@@H]3CCCC[C@H]3C)cn2)c1. The summed E-state index contributed by atoms with van der Waals surface area (Å²) in [4.78, 5) is 29.8. The molecule has 3 heterocycles. The second-order valence-corrected chi connectivity index (χ2v) is 7.89. The van der Waals surface area contributed by atoms with Gasteiger partial charge < -0.3 is 14.8 Å². The van der Waals surface area contributed by atoms with Crippen LogP contribution in [0.15, 0.2) is 49.2 Å². The third-order valence-corrected chi connectivity index (χ3v) is 5.56. The topological polar surface area (TPSA) is 99.1 Å². The maximum absolute atomic E-state index is 12.6. The van der Waals surface area contributed by atoms with Crippen LogP contribution in [0.3, 0.4) is 0 Å². The van der Waals surface area contributed by atoms with E-state index < -0.39 is 0 Å². The van der Waals surface area contributed by atoms with E-state index >= 15 is 0 Å². The van der Waals surface area contributed by atoms with Gasteiger partial charge in [0.25, 0.3) is 11.8 Å². The normalized spacial score (nSPS) is 18.1. The van der Waals surface area contributed by atoms with Crippen LogP contribution in [0.2, 0.25) is 0 Å². The molecular formula is C24H27N5O3. The fourth-order valence-electron chi connectivity index (χ4n) is 3.80. The average Bonchev–Trinajstić information content (AvgIpc) is 2.82. The monoisotopic (exact) mass is 433 g/mol. The molecule has 1 saturated carbocycles. The van der Waals surface area contributed by atoms with Crippen LogP contribution in [-0.2, 0) is 0 Å². The van der Waals surface area contributed by atoms with Gasteiger partial charge in [-0.05, 0) is 43.9 Å². The number of amides is 1. The Morgan fingerprint density at radius 1 is 1.12 bits per heavy atom. The molecule has 0 bridgehead atoms. The van der Waals surface area contributed by atoms with E-state index in [9.17, 15) is 4.79 Å². The Morgan fingerprint density at radius 2 is 1.94 bits per heavy atom. The molecular weight excluding hydrogens is 406 g/mol. The second kappa shape index (κ2) is 10.2. The zero-order valence-corrected chi connectivity index (χ0v) is 18.3. The maximum Gasteiger partial charge on any atom is 0.262 e. The highest BCUT2D eigenvalue weighted by Crippen LogP contribution is 2.30. The van der Waals surface area contributed by atoms with Gasteiger partial charge in [-0.1, -0.05) is 19.8 Å². The number of pyridine rings is 2. The van der Waals surface area contributed by atoms with E-state index in [0.29, 0.717) is 46.9 Å². The summed E-state index contributed by atoms with van der Waals surface area (Å²) in [5.41, 5.74) is 1.12. The summed E-state index contributed by atoms with van der Waals surface area (Å²) >= 11 is 0. The van der Waals surface area contributed by atoms with Crippen LogP contribution in [0, 0.1) is 5.92 Å². The molecule has 0 aromatic carbocycles. The van der Waals surface area contributed by atoms with Gasteiger partial charge in [-0.15, -0.1) is 0 Å². The molecule has 0 unspecified atom stereocenters. The van der Waals surface area contributed by atoms with Crippen molar-refractivity contribution in [3.63, 3.8) is 0 Å². The summed E-state index contributed by atoms with van der Waals surface area (Å²) < 4.78 is 11.4. The Hall–Kier alpha value is -3.55. The van der Waals surface area contributed by atoms with Crippen molar-refractivity contribution in [2.75, 3.05) is 6.61 Å². The minimum absolute atomic E-state index is 0.135. The van der Waals surface area contributed by atoms with Crippen molar-refractivity contribution in [2.24, 2.45) is 5.92 Å². The summed E-state index contributed by atoms with van der Waals surface area (Å²) in [6, 6.07) is 5.56. The lowest BCUT2D eigenvalue weighted by Gasteiger charge is -2.29. The van der Waals surface area contributed by atoms with Crippen molar-refractivity contribution < 1.29 is 14.3 Å². The van der Waals surface area contributed by atoms with E-state index in [1.807, 2.05) is 6.92 Å². The first kappa shape index (κ1) is 21.7. The van der Waals surface area contributed by atoms with Crippen molar-refractivity contribution in [1.29, 1.82) is 0 Å². The Morgan fingerprint density at radius 3 is 2.72 bits per heavy atom. The summed E-state index contributed by atoms with van der Waals surface area (Å²) in [6.45, 7) is 4.60. The lowest BCUT2D eigenvalue weighted by molar-refractivity contribution is 0.0909. The van der Waals surface area contributed by atoms with E-state index in [0.717, 1.165) is 19.3 Å². The number of hydrogen-bond donors (Lipinski definition) is 1. The van der Waals surface area contributed by atoms with Crippen LogP contribution in [0.4, 0.5) is 0 Å². The fourth-order valence-corrected chi connectivity index (χ4v) is 3.80. The van der Waals surface area contributed by atoms with Crippen LogP contribution >= 0.6 is 0 Å². The molecule has 0 aliphatic heterocycles. The summed E-state index contributed by atoms with van der Waals surface area (Å²) in [5, 5.41) is 3.13. The lowest BCUT2D eigenvalue weighted by Crippen LogP contribution is -2.41. The van der Waals surface area contributed by atoms with Crippen LogP contribution in [0.25, 0.3) is 11.4 Å². The molecule has 1 amide bonds. The van der Waals surface area contributed by atoms with Gasteiger partial charge in [-0.3, -0.25) is 9.78 Å². The zero-order valence-electron chi connectivity index (χ0n) is 18.3. The predicted molar refractivity (Wildman–Crippen MR) is 120 cm³/mol. The highest BCUT2D eigenvalue weighted by atomic mass is 16.5. The molecule has 1 aliphatic carbocycles. The smallest absolute Gasteiger partial charge is 0.262 e. The molecule has 1 N–H and O–H groups in total. The number of carbonyl (C=O) groups excluding carboxylic acids is 1. The molecule has 0 spiro atoms. The van der Waals surface area contributed by atoms with Crippen molar-refractivity contribution in [1.82, 2.24) is 25.3 Å². The summed E-state index contributed by atoms with van der Waals surface area (Å²) in [6.07, 6.45) is 12.5. The number of carbonyl (C=O) groups is 1. The number of nitrogens with zero attached hydrogens (tertiary/aromatic N) is 4. The molecule has 8 heteroatoms. The van der Waals surface area contributed by atoms with E-state index in [4.69, 9.17) is 9.47 Å². The Balaban J connectivity index is 1.46. The third-order valence-electron chi connectivity index (χ3n) is 5.56. The van der Waals surface area contributed by atoms with Gasteiger partial charge in [-0.25, -0.2) is 15.0 Å². The molecule has 1 aliphatic rings. The van der Waals surface area contributed by atoms with Crippen molar-refractivity contribution >= 4 is 5.91 Å². The molecule has 3 aromatic heterocycles. The number of ether oxygens (including phenoxy) is 2. The predicted octanol–water partition coefficient (Wildman–Crippen LogP) is 4.43. The highest BCUT2D eigenvalue weighted by Gasteiger charge is 2.23. The molecule has 4 rings (SSSR count). The van der Waals surface area contributed by atoms with Crippen molar-refractivity contribution in [3.05, 3.63) is 54.7 Å². The van der Waals surface area contributed by atoms with Gasteiger partial charge in [-0.2, -0.15) is 0 Å². The van der Waals surface area contributed by atoms with Gasteiger partial charge in [0.1, 0.15) is 5.75 Å². The second-order valence-electron chi connectivity index (χ2n) is 7.89. The van der Waals surface area contributed by atoms with Crippen LogP contribution in [0.1, 0.15) is 49.9 Å². The van der Waals surface area contributed by atoms with E-state index in [1.165, 1.54) is 6.42 Å². The number of rotatable bonds is 7. The molecule has 166 valence electrons. The number of hydrogen-bond acceptors (Lipinski definition) is 7. The third kappa shape index (κ3) is 5.19. The van der Waals surface area contributed by atoms with Gasteiger partial charge in [0.2, 0.25) is 0 Å². The standard InChI is InChI=1S/C24H27N5O3/c1-3-31-21-9-6-10-26-24(21)32-19-11-17(12-25-15-19)22-27-13-18(14-28-22)23(30)29-20-8-5-4-7-16(20)2/h6,9-16,20H,3-5,7-8H2,1-2H3,(H,29,30)/t16-,20-/m1/s1. The minimum Gasteiger partial charge on any atom is -0.488 e. The lowest BCUT2D eigenvalue weighted by atomic mass is 9.86. The number of aromatic nitrogens is 4. The first-order valence-electron chi connectivity index (χ1n) is 11.0. The molecule has 0 radical (unpaired) electrons. The summed E-state index contributed by atoms with van der Waals surface area (Å²) in [7, 11) is 0. The first-order valence-corrected chi connectivity index (χ1v) is 11.0.